The molecule has 3 heteroatoms. The Kier molecular flexibility index (Phi) is 2.61. The molecule has 1 saturated heterocycles. The number of carbonyl (C=O) groups is 1. The molecule has 0 spiro atoms. The highest BCUT2D eigenvalue weighted by Crippen LogP contribution is 2.46. The van der Waals surface area contributed by atoms with Crippen LogP contribution in [0.5, 0.6) is 0 Å². The Morgan fingerprint density at radius 3 is 2.62 bits per heavy atom. The van der Waals surface area contributed by atoms with Crippen LogP contribution in [-0.2, 0) is 9.63 Å². The van der Waals surface area contributed by atoms with Gasteiger partial charge in [-0.1, -0.05) is 20.8 Å². The van der Waals surface area contributed by atoms with E-state index in [1.54, 1.807) is 0 Å². The molecule has 1 atom stereocenters. The molecule has 0 amide bonds. The number of nitrogens with zero attached hydrogens (tertiary/aromatic N) is 1. The fourth-order valence-corrected chi connectivity index (χ4v) is 2.64. The van der Waals surface area contributed by atoms with E-state index in [1.165, 1.54) is 6.42 Å². The second-order valence-electron chi connectivity index (χ2n) is 6.04. The summed E-state index contributed by atoms with van der Waals surface area (Å²) in [5.74, 6) is 0.854. The van der Waals surface area contributed by atoms with Gasteiger partial charge in [-0.3, -0.25) is 4.79 Å². The van der Waals surface area contributed by atoms with Crippen molar-refractivity contribution in [2.75, 3.05) is 6.54 Å². The van der Waals surface area contributed by atoms with Gasteiger partial charge >= 0.3 is 0 Å². The summed E-state index contributed by atoms with van der Waals surface area (Å²) >= 11 is 0. The van der Waals surface area contributed by atoms with Crippen LogP contribution in [0.2, 0.25) is 0 Å². The minimum Gasteiger partial charge on any atom is -0.409 e. The lowest BCUT2D eigenvalue weighted by molar-refractivity contribution is -0.173. The van der Waals surface area contributed by atoms with Crippen molar-refractivity contribution in [3.63, 3.8) is 0 Å². The number of carbonyl (C=O) groups excluding carboxylic acids is 1. The molecule has 1 unspecified atom stereocenters. The summed E-state index contributed by atoms with van der Waals surface area (Å²) in [6.07, 6.45) is 4.33. The third kappa shape index (κ3) is 1.58. The Morgan fingerprint density at radius 1 is 1.38 bits per heavy atom. The van der Waals surface area contributed by atoms with Gasteiger partial charge in [-0.2, -0.15) is 0 Å². The summed E-state index contributed by atoms with van der Waals surface area (Å²) in [6, 6.07) is 0. The zero-order valence-electron chi connectivity index (χ0n) is 10.7. The van der Waals surface area contributed by atoms with Gasteiger partial charge in [-0.15, -0.1) is 5.06 Å². The van der Waals surface area contributed by atoms with Gasteiger partial charge in [0.05, 0.1) is 11.1 Å². The summed E-state index contributed by atoms with van der Waals surface area (Å²) in [4.78, 5) is 17.3. The maximum absolute atomic E-state index is 11.4. The highest BCUT2D eigenvalue weighted by molar-refractivity contribution is 5.78. The molecule has 0 bridgehead atoms. The van der Waals surface area contributed by atoms with E-state index in [9.17, 15) is 4.79 Å². The second-order valence-corrected chi connectivity index (χ2v) is 6.04. The predicted octanol–water partition coefficient (Wildman–Crippen LogP) is 2.68. The maximum Gasteiger partial charge on any atom is 0.151 e. The standard InChI is InChI=1S/C13H21NO2/c1-12(2,3)11-10(9-15)13(4)7-5-6-8-14(13)16-11/h9H,5-8H2,1-4H3. The van der Waals surface area contributed by atoms with E-state index in [-0.39, 0.29) is 11.0 Å². The first-order valence-electron chi connectivity index (χ1n) is 6.05. The number of aldehydes is 1. The molecule has 16 heavy (non-hydrogen) atoms. The molecule has 0 aliphatic carbocycles. The highest BCUT2D eigenvalue weighted by Gasteiger charge is 2.49. The smallest absolute Gasteiger partial charge is 0.151 e. The van der Waals surface area contributed by atoms with Crippen LogP contribution in [0.15, 0.2) is 11.3 Å². The van der Waals surface area contributed by atoms with Crippen LogP contribution in [-0.4, -0.2) is 23.4 Å². The molecule has 0 saturated carbocycles. The molecule has 2 rings (SSSR count). The van der Waals surface area contributed by atoms with Gasteiger partial charge in [0, 0.05) is 12.0 Å². The Balaban J connectivity index is 2.44. The zero-order valence-corrected chi connectivity index (χ0v) is 10.7. The molecule has 0 aromatic carbocycles. The largest absolute Gasteiger partial charge is 0.409 e. The van der Waals surface area contributed by atoms with Crippen LogP contribution in [0.25, 0.3) is 0 Å². The number of piperidine rings is 1. The first-order valence-corrected chi connectivity index (χ1v) is 6.05. The van der Waals surface area contributed by atoms with Crippen molar-refractivity contribution in [2.45, 2.75) is 52.5 Å². The molecule has 0 aromatic heterocycles. The third-order valence-electron chi connectivity index (χ3n) is 3.65. The molecule has 2 aliphatic heterocycles. The average molecular weight is 223 g/mol. The monoisotopic (exact) mass is 223 g/mol. The van der Waals surface area contributed by atoms with E-state index < -0.39 is 0 Å². The van der Waals surface area contributed by atoms with Crippen molar-refractivity contribution in [1.29, 1.82) is 0 Å². The summed E-state index contributed by atoms with van der Waals surface area (Å²) in [6.45, 7) is 9.32. The predicted molar refractivity (Wildman–Crippen MR) is 62.6 cm³/mol. The van der Waals surface area contributed by atoms with Crippen LogP contribution in [0.1, 0.15) is 47.0 Å². The fourth-order valence-electron chi connectivity index (χ4n) is 2.64. The van der Waals surface area contributed by atoms with Crippen LogP contribution in [0, 0.1) is 5.41 Å². The summed E-state index contributed by atoms with van der Waals surface area (Å²) < 4.78 is 0. The fraction of sp³-hybridized carbons (Fsp3) is 0.769. The van der Waals surface area contributed by atoms with Crippen LogP contribution < -0.4 is 0 Å². The number of fused-ring (bicyclic) bond motifs is 1. The van der Waals surface area contributed by atoms with Crippen LogP contribution in [0.4, 0.5) is 0 Å². The number of hydrogen-bond acceptors (Lipinski definition) is 3. The van der Waals surface area contributed by atoms with E-state index in [2.05, 4.69) is 27.7 Å². The molecule has 0 aromatic rings. The Morgan fingerprint density at radius 2 is 2.06 bits per heavy atom. The summed E-state index contributed by atoms with van der Waals surface area (Å²) in [5, 5.41) is 2.00. The Bertz CT molecular complexity index is 340. The summed E-state index contributed by atoms with van der Waals surface area (Å²) in [7, 11) is 0. The minimum absolute atomic E-state index is 0.101. The lowest BCUT2D eigenvalue weighted by Crippen LogP contribution is -2.46. The molecule has 2 aliphatic rings. The van der Waals surface area contributed by atoms with Gasteiger partial charge < -0.3 is 4.84 Å². The molecular formula is C13H21NO2. The normalized spacial score (nSPS) is 31.2. The van der Waals surface area contributed by atoms with Crippen LogP contribution >= 0.6 is 0 Å². The minimum atomic E-state index is -0.192. The Labute approximate surface area is 97.4 Å². The van der Waals surface area contributed by atoms with Gasteiger partial charge in [0.25, 0.3) is 0 Å². The number of rotatable bonds is 1. The molecule has 2 heterocycles. The van der Waals surface area contributed by atoms with E-state index in [0.717, 1.165) is 37.0 Å². The molecular weight excluding hydrogens is 202 g/mol. The molecule has 0 N–H and O–H groups in total. The van der Waals surface area contributed by atoms with E-state index in [1.807, 2.05) is 5.06 Å². The molecule has 3 nitrogen and oxygen atoms in total. The van der Waals surface area contributed by atoms with Crippen molar-refractivity contribution >= 4 is 6.29 Å². The molecule has 0 radical (unpaired) electrons. The van der Waals surface area contributed by atoms with Crippen LogP contribution in [0.3, 0.4) is 0 Å². The van der Waals surface area contributed by atoms with E-state index >= 15 is 0 Å². The van der Waals surface area contributed by atoms with Crippen molar-refractivity contribution in [2.24, 2.45) is 5.41 Å². The van der Waals surface area contributed by atoms with E-state index in [0.29, 0.717) is 0 Å². The highest BCUT2D eigenvalue weighted by atomic mass is 16.7. The summed E-state index contributed by atoms with van der Waals surface area (Å²) in [5.41, 5.74) is 0.554. The number of hydroxylamine groups is 2. The van der Waals surface area contributed by atoms with Gasteiger partial charge in [0.15, 0.2) is 6.29 Å². The lowest BCUT2D eigenvalue weighted by Gasteiger charge is -2.37. The van der Waals surface area contributed by atoms with E-state index in [4.69, 9.17) is 4.84 Å². The zero-order chi connectivity index (χ0) is 12.0. The van der Waals surface area contributed by atoms with Gasteiger partial charge in [-0.05, 0) is 26.2 Å². The SMILES string of the molecule is CC(C)(C)C1=C(C=O)C2(C)CCCCN2O1. The third-order valence-corrected chi connectivity index (χ3v) is 3.65. The molecule has 90 valence electrons. The average Bonchev–Trinajstić information content (AvgIpc) is 2.49. The lowest BCUT2D eigenvalue weighted by atomic mass is 9.80. The number of hydrogen-bond donors (Lipinski definition) is 0. The van der Waals surface area contributed by atoms with Gasteiger partial charge in [0.1, 0.15) is 5.76 Å². The Hall–Kier alpha value is -0.830. The quantitative estimate of drug-likeness (QED) is 0.640. The number of allylic oxidation sites excluding steroid dienone is 1. The van der Waals surface area contributed by atoms with Crippen molar-refractivity contribution in [3.8, 4) is 0 Å². The van der Waals surface area contributed by atoms with Gasteiger partial charge in [0.2, 0.25) is 0 Å². The maximum atomic E-state index is 11.4. The topological polar surface area (TPSA) is 29.5 Å². The van der Waals surface area contributed by atoms with Crippen molar-refractivity contribution in [1.82, 2.24) is 5.06 Å². The van der Waals surface area contributed by atoms with Crippen molar-refractivity contribution < 1.29 is 9.63 Å². The first kappa shape index (κ1) is 11.6. The van der Waals surface area contributed by atoms with Crippen molar-refractivity contribution in [3.05, 3.63) is 11.3 Å². The molecule has 1 fully saturated rings. The van der Waals surface area contributed by atoms with Gasteiger partial charge in [-0.25, -0.2) is 0 Å². The second kappa shape index (κ2) is 3.59. The first-order chi connectivity index (χ1) is 7.39.